The highest BCUT2D eigenvalue weighted by atomic mass is 35.5. The van der Waals surface area contributed by atoms with Gasteiger partial charge in [0.15, 0.2) is 0 Å². The standard InChI is InChI=1S/C18H21ClN4O2/c1-11(2)9-22-18(25)14-8-13(5-6-15(14)19)23-17(24)12-4-7-16(20-3)21-10-12/h4-8,10-11H,9H2,1-3H3,(H,20,21)(H,22,25)(H,23,24). The summed E-state index contributed by atoms with van der Waals surface area (Å²) in [5.74, 6) is 0.423. The van der Waals surface area contributed by atoms with E-state index in [-0.39, 0.29) is 11.8 Å². The second kappa shape index (κ2) is 8.48. The average molecular weight is 361 g/mol. The molecule has 6 nitrogen and oxygen atoms in total. The van der Waals surface area contributed by atoms with Gasteiger partial charge < -0.3 is 16.0 Å². The van der Waals surface area contributed by atoms with E-state index in [2.05, 4.69) is 20.9 Å². The van der Waals surface area contributed by atoms with Crippen LogP contribution in [0.15, 0.2) is 36.5 Å². The van der Waals surface area contributed by atoms with Crippen molar-refractivity contribution in [3.8, 4) is 0 Å². The maximum absolute atomic E-state index is 12.3. The molecule has 0 atom stereocenters. The molecule has 0 aliphatic rings. The Bertz CT molecular complexity index is 760. The monoisotopic (exact) mass is 360 g/mol. The van der Waals surface area contributed by atoms with Crippen molar-refractivity contribution in [1.82, 2.24) is 10.3 Å². The molecule has 2 aromatic rings. The maximum atomic E-state index is 12.3. The fourth-order valence-electron chi connectivity index (χ4n) is 2.05. The summed E-state index contributed by atoms with van der Waals surface area (Å²) in [5, 5.41) is 8.78. The Morgan fingerprint density at radius 3 is 2.52 bits per heavy atom. The molecular weight excluding hydrogens is 340 g/mol. The van der Waals surface area contributed by atoms with Crippen molar-refractivity contribution in [3.05, 3.63) is 52.7 Å². The van der Waals surface area contributed by atoms with Gasteiger partial charge in [-0.25, -0.2) is 4.98 Å². The lowest BCUT2D eigenvalue weighted by molar-refractivity contribution is 0.0948. The molecule has 3 N–H and O–H groups in total. The van der Waals surface area contributed by atoms with E-state index in [0.717, 1.165) is 0 Å². The third-order valence-electron chi connectivity index (χ3n) is 3.42. The molecule has 0 radical (unpaired) electrons. The summed E-state index contributed by atoms with van der Waals surface area (Å²) in [6.45, 7) is 4.56. The molecule has 7 heteroatoms. The SMILES string of the molecule is CNc1ccc(C(=O)Nc2ccc(Cl)c(C(=O)NCC(C)C)c2)cn1. The third kappa shape index (κ3) is 5.19. The minimum atomic E-state index is -0.314. The molecule has 0 aliphatic carbocycles. The number of hydrogen-bond acceptors (Lipinski definition) is 4. The van der Waals surface area contributed by atoms with Crippen LogP contribution in [0.3, 0.4) is 0 Å². The van der Waals surface area contributed by atoms with E-state index >= 15 is 0 Å². The minimum Gasteiger partial charge on any atom is -0.373 e. The number of nitrogens with one attached hydrogen (secondary N) is 3. The fraction of sp³-hybridized carbons (Fsp3) is 0.278. The van der Waals surface area contributed by atoms with Crippen molar-refractivity contribution < 1.29 is 9.59 Å². The number of aromatic nitrogens is 1. The maximum Gasteiger partial charge on any atom is 0.257 e. The molecule has 0 unspecified atom stereocenters. The van der Waals surface area contributed by atoms with Gasteiger partial charge in [-0.2, -0.15) is 0 Å². The first-order valence-electron chi connectivity index (χ1n) is 7.93. The zero-order chi connectivity index (χ0) is 18.4. The topological polar surface area (TPSA) is 83.1 Å². The number of rotatable bonds is 6. The summed E-state index contributed by atoms with van der Waals surface area (Å²) in [5.41, 5.74) is 1.23. The van der Waals surface area contributed by atoms with Crippen LogP contribution >= 0.6 is 11.6 Å². The van der Waals surface area contributed by atoms with Crippen molar-refractivity contribution in [2.45, 2.75) is 13.8 Å². The van der Waals surface area contributed by atoms with E-state index in [4.69, 9.17) is 11.6 Å². The van der Waals surface area contributed by atoms with E-state index in [1.165, 1.54) is 6.20 Å². The van der Waals surface area contributed by atoms with Crippen molar-refractivity contribution in [2.75, 3.05) is 24.2 Å². The van der Waals surface area contributed by atoms with Crippen LogP contribution in [0, 0.1) is 5.92 Å². The smallest absolute Gasteiger partial charge is 0.257 e. The van der Waals surface area contributed by atoms with E-state index in [0.29, 0.717) is 40.1 Å². The number of hydrogen-bond donors (Lipinski definition) is 3. The van der Waals surface area contributed by atoms with Gasteiger partial charge in [-0.3, -0.25) is 9.59 Å². The van der Waals surface area contributed by atoms with Crippen LogP contribution in [0.5, 0.6) is 0 Å². The van der Waals surface area contributed by atoms with Crippen LogP contribution in [0.4, 0.5) is 11.5 Å². The molecule has 0 spiro atoms. The lowest BCUT2D eigenvalue weighted by Gasteiger charge is -2.11. The minimum absolute atomic E-state index is 0.269. The Kier molecular flexibility index (Phi) is 6.36. The molecule has 1 aromatic carbocycles. The molecule has 0 aliphatic heterocycles. The largest absolute Gasteiger partial charge is 0.373 e. The Balaban J connectivity index is 2.12. The Hall–Kier alpha value is -2.60. The highest BCUT2D eigenvalue weighted by Gasteiger charge is 2.13. The lowest BCUT2D eigenvalue weighted by Crippen LogP contribution is -2.27. The molecule has 0 fully saturated rings. The predicted octanol–water partition coefficient (Wildman–Crippen LogP) is 3.41. The fourth-order valence-corrected chi connectivity index (χ4v) is 2.25. The van der Waals surface area contributed by atoms with Crippen LogP contribution < -0.4 is 16.0 Å². The number of amides is 2. The molecule has 2 rings (SSSR count). The molecule has 0 saturated carbocycles. The molecule has 0 saturated heterocycles. The Morgan fingerprint density at radius 1 is 1.16 bits per heavy atom. The van der Waals surface area contributed by atoms with Crippen molar-refractivity contribution >= 4 is 34.9 Å². The van der Waals surface area contributed by atoms with Gasteiger partial charge in [0.25, 0.3) is 11.8 Å². The van der Waals surface area contributed by atoms with E-state index in [1.54, 1.807) is 37.4 Å². The van der Waals surface area contributed by atoms with Gasteiger partial charge in [-0.1, -0.05) is 25.4 Å². The third-order valence-corrected chi connectivity index (χ3v) is 3.75. The average Bonchev–Trinajstić information content (AvgIpc) is 2.61. The number of carbonyl (C=O) groups excluding carboxylic acids is 2. The Labute approximate surface area is 152 Å². The highest BCUT2D eigenvalue weighted by Crippen LogP contribution is 2.21. The molecule has 0 bridgehead atoms. The molecule has 1 aromatic heterocycles. The predicted molar refractivity (Wildman–Crippen MR) is 100 cm³/mol. The van der Waals surface area contributed by atoms with Crippen LogP contribution in [0.2, 0.25) is 5.02 Å². The number of pyridine rings is 1. The zero-order valence-corrected chi connectivity index (χ0v) is 15.1. The summed E-state index contributed by atoms with van der Waals surface area (Å²) < 4.78 is 0. The normalized spacial score (nSPS) is 10.4. The molecule has 25 heavy (non-hydrogen) atoms. The molecule has 132 valence electrons. The first-order valence-corrected chi connectivity index (χ1v) is 8.31. The van der Waals surface area contributed by atoms with Crippen LogP contribution in [0.25, 0.3) is 0 Å². The number of carbonyl (C=O) groups is 2. The quantitative estimate of drug-likeness (QED) is 0.737. The van der Waals surface area contributed by atoms with Crippen molar-refractivity contribution in [3.63, 3.8) is 0 Å². The second-order valence-electron chi connectivity index (χ2n) is 5.93. The van der Waals surface area contributed by atoms with Crippen molar-refractivity contribution in [1.29, 1.82) is 0 Å². The van der Waals surface area contributed by atoms with Crippen LogP contribution in [-0.2, 0) is 0 Å². The summed E-state index contributed by atoms with van der Waals surface area (Å²) in [7, 11) is 1.75. The van der Waals surface area contributed by atoms with Crippen LogP contribution in [-0.4, -0.2) is 30.4 Å². The zero-order valence-electron chi connectivity index (χ0n) is 14.4. The number of benzene rings is 1. The number of anilines is 2. The number of halogens is 1. The second-order valence-corrected chi connectivity index (χ2v) is 6.34. The lowest BCUT2D eigenvalue weighted by atomic mass is 10.1. The van der Waals surface area contributed by atoms with Gasteiger partial charge in [0.2, 0.25) is 0 Å². The van der Waals surface area contributed by atoms with Gasteiger partial charge >= 0.3 is 0 Å². The van der Waals surface area contributed by atoms with Crippen molar-refractivity contribution in [2.24, 2.45) is 5.92 Å². The summed E-state index contributed by atoms with van der Waals surface area (Å²) in [6.07, 6.45) is 1.48. The summed E-state index contributed by atoms with van der Waals surface area (Å²) in [6, 6.07) is 8.17. The molecular formula is C18H21ClN4O2. The van der Waals surface area contributed by atoms with Gasteiger partial charge in [-0.15, -0.1) is 0 Å². The molecule has 2 amide bonds. The van der Waals surface area contributed by atoms with E-state index < -0.39 is 0 Å². The van der Waals surface area contributed by atoms with E-state index in [9.17, 15) is 9.59 Å². The first kappa shape index (κ1) is 18.7. The summed E-state index contributed by atoms with van der Waals surface area (Å²) >= 11 is 6.10. The summed E-state index contributed by atoms with van der Waals surface area (Å²) in [4.78, 5) is 28.6. The first-order chi connectivity index (χ1) is 11.9. The Morgan fingerprint density at radius 2 is 1.92 bits per heavy atom. The van der Waals surface area contributed by atoms with Gasteiger partial charge in [0.1, 0.15) is 5.82 Å². The van der Waals surface area contributed by atoms with E-state index in [1.807, 2.05) is 13.8 Å². The van der Waals surface area contributed by atoms with Gasteiger partial charge in [-0.05, 0) is 36.2 Å². The molecule has 1 heterocycles. The van der Waals surface area contributed by atoms with Gasteiger partial charge in [0, 0.05) is 25.5 Å². The van der Waals surface area contributed by atoms with Crippen LogP contribution in [0.1, 0.15) is 34.6 Å². The van der Waals surface area contributed by atoms with Gasteiger partial charge in [0.05, 0.1) is 16.1 Å². The number of nitrogens with zero attached hydrogens (tertiary/aromatic N) is 1. The highest BCUT2D eigenvalue weighted by molar-refractivity contribution is 6.34.